The van der Waals surface area contributed by atoms with Crippen molar-refractivity contribution in [3.8, 4) is 0 Å². The van der Waals surface area contributed by atoms with Crippen LogP contribution < -0.4 is 5.73 Å². The molecule has 0 aliphatic rings. The third-order valence-electron chi connectivity index (χ3n) is 2.45. The van der Waals surface area contributed by atoms with Gasteiger partial charge in [0, 0.05) is 6.04 Å². The highest BCUT2D eigenvalue weighted by atomic mass is 15.3. The van der Waals surface area contributed by atoms with Crippen molar-refractivity contribution in [1.29, 1.82) is 0 Å². The Bertz CT molecular complexity index is 329. The Morgan fingerprint density at radius 2 is 1.80 bits per heavy atom. The van der Waals surface area contributed by atoms with Crippen molar-refractivity contribution in [2.45, 2.75) is 59.0 Å². The summed E-state index contributed by atoms with van der Waals surface area (Å²) in [5.74, 6) is 0.450. The topological polar surface area (TPSA) is 43.8 Å². The van der Waals surface area contributed by atoms with Crippen LogP contribution in [0.5, 0.6) is 0 Å². The molecule has 0 bridgehead atoms. The second kappa shape index (κ2) is 3.97. The first-order valence-electron chi connectivity index (χ1n) is 5.59. The van der Waals surface area contributed by atoms with Gasteiger partial charge in [-0.1, -0.05) is 13.8 Å². The van der Waals surface area contributed by atoms with Crippen LogP contribution in [0, 0.1) is 0 Å². The number of hydrogen-bond acceptors (Lipinski definition) is 2. The summed E-state index contributed by atoms with van der Waals surface area (Å²) in [6.07, 6.45) is 0. The lowest BCUT2D eigenvalue weighted by molar-refractivity contribution is 0.335. The zero-order chi connectivity index (χ0) is 11.8. The van der Waals surface area contributed by atoms with Crippen LogP contribution in [-0.2, 0) is 5.54 Å². The van der Waals surface area contributed by atoms with Crippen molar-refractivity contribution < 1.29 is 0 Å². The predicted molar refractivity (Wildman–Crippen MR) is 63.9 cm³/mol. The molecule has 86 valence electrons. The van der Waals surface area contributed by atoms with Crippen LogP contribution in [0.1, 0.15) is 64.9 Å². The van der Waals surface area contributed by atoms with Gasteiger partial charge < -0.3 is 5.73 Å². The Morgan fingerprint density at radius 1 is 1.27 bits per heavy atom. The fourth-order valence-electron chi connectivity index (χ4n) is 1.56. The van der Waals surface area contributed by atoms with E-state index in [0.717, 1.165) is 11.4 Å². The van der Waals surface area contributed by atoms with Gasteiger partial charge in [0.15, 0.2) is 0 Å². The van der Waals surface area contributed by atoms with Gasteiger partial charge in [-0.05, 0) is 39.7 Å². The predicted octanol–water partition coefficient (Wildman–Crippen LogP) is 2.78. The van der Waals surface area contributed by atoms with Gasteiger partial charge in [-0.2, -0.15) is 5.10 Å². The van der Waals surface area contributed by atoms with Crippen molar-refractivity contribution in [3.63, 3.8) is 0 Å². The van der Waals surface area contributed by atoms with Gasteiger partial charge in [-0.3, -0.25) is 4.68 Å². The molecular formula is C12H23N3. The van der Waals surface area contributed by atoms with Crippen molar-refractivity contribution in [2.24, 2.45) is 5.73 Å². The quantitative estimate of drug-likeness (QED) is 0.814. The lowest BCUT2D eigenvalue weighted by Crippen LogP contribution is -2.27. The SMILES string of the molecule is CC(C)c1cc([C@H](C)N)n(C(C)(C)C)n1. The minimum Gasteiger partial charge on any atom is -0.323 e. The molecule has 1 rings (SSSR count). The minimum absolute atomic E-state index is 0.00387. The number of hydrogen-bond donors (Lipinski definition) is 1. The van der Waals surface area contributed by atoms with E-state index in [2.05, 4.69) is 45.8 Å². The normalized spacial score (nSPS) is 14.7. The highest BCUT2D eigenvalue weighted by Gasteiger charge is 2.21. The molecule has 0 fully saturated rings. The highest BCUT2D eigenvalue weighted by molar-refractivity contribution is 5.17. The molecule has 1 heterocycles. The molecule has 3 heteroatoms. The molecular weight excluding hydrogens is 186 g/mol. The molecule has 0 amide bonds. The molecule has 0 saturated heterocycles. The monoisotopic (exact) mass is 209 g/mol. The van der Waals surface area contributed by atoms with E-state index in [1.807, 2.05) is 11.6 Å². The van der Waals surface area contributed by atoms with Crippen LogP contribution in [-0.4, -0.2) is 9.78 Å². The summed E-state index contributed by atoms with van der Waals surface area (Å²) in [6.45, 7) is 12.8. The summed E-state index contributed by atoms with van der Waals surface area (Å²) in [6, 6.07) is 2.16. The van der Waals surface area contributed by atoms with E-state index in [-0.39, 0.29) is 11.6 Å². The number of rotatable bonds is 2. The maximum absolute atomic E-state index is 5.96. The summed E-state index contributed by atoms with van der Waals surface area (Å²) in [5.41, 5.74) is 8.20. The number of nitrogens with zero attached hydrogens (tertiary/aromatic N) is 2. The van der Waals surface area contributed by atoms with Gasteiger partial charge in [0.1, 0.15) is 0 Å². The van der Waals surface area contributed by atoms with Crippen LogP contribution >= 0.6 is 0 Å². The van der Waals surface area contributed by atoms with Gasteiger partial charge in [0.05, 0.1) is 16.9 Å². The summed E-state index contributed by atoms with van der Waals surface area (Å²) in [5, 5.41) is 4.64. The van der Waals surface area contributed by atoms with E-state index < -0.39 is 0 Å². The van der Waals surface area contributed by atoms with Crippen LogP contribution in [0.3, 0.4) is 0 Å². The Kier molecular flexibility index (Phi) is 3.24. The van der Waals surface area contributed by atoms with Crippen LogP contribution in [0.15, 0.2) is 6.07 Å². The van der Waals surface area contributed by atoms with E-state index in [9.17, 15) is 0 Å². The molecule has 0 spiro atoms. The summed E-state index contributed by atoms with van der Waals surface area (Å²) in [7, 11) is 0. The van der Waals surface area contributed by atoms with E-state index in [4.69, 9.17) is 5.73 Å². The minimum atomic E-state index is -0.00387. The molecule has 1 atom stereocenters. The van der Waals surface area contributed by atoms with Gasteiger partial charge in [0.25, 0.3) is 0 Å². The van der Waals surface area contributed by atoms with Gasteiger partial charge in [0.2, 0.25) is 0 Å². The molecule has 1 aromatic rings. The maximum atomic E-state index is 5.96. The molecule has 0 unspecified atom stereocenters. The molecule has 1 aromatic heterocycles. The van der Waals surface area contributed by atoms with Crippen LogP contribution in [0.2, 0.25) is 0 Å². The largest absolute Gasteiger partial charge is 0.323 e. The van der Waals surface area contributed by atoms with Crippen LogP contribution in [0.25, 0.3) is 0 Å². The van der Waals surface area contributed by atoms with E-state index >= 15 is 0 Å². The first-order chi connectivity index (χ1) is 6.73. The lowest BCUT2D eigenvalue weighted by Gasteiger charge is -2.23. The van der Waals surface area contributed by atoms with E-state index in [0.29, 0.717) is 5.92 Å². The average molecular weight is 209 g/mol. The zero-order valence-corrected chi connectivity index (χ0v) is 10.7. The Balaban J connectivity index is 3.24. The zero-order valence-electron chi connectivity index (χ0n) is 10.7. The standard InChI is InChI=1S/C12H23N3/c1-8(2)10-7-11(9(3)13)15(14-10)12(4,5)6/h7-9H,13H2,1-6H3/t9-/m0/s1. The fourth-order valence-corrected chi connectivity index (χ4v) is 1.56. The Labute approximate surface area is 92.7 Å². The number of nitrogens with two attached hydrogens (primary N) is 1. The Morgan fingerprint density at radius 3 is 2.07 bits per heavy atom. The molecule has 2 N–H and O–H groups in total. The smallest absolute Gasteiger partial charge is 0.0653 e. The van der Waals surface area contributed by atoms with Crippen molar-refractivity contribution >= 4 is 0 Å². The van der Waals surface area contributed by atoms with Crippen molar-refractivity contribution in [1.82, 2.24) is 9.78 Å². The van der Waals surface area contributed by atoms with E-state index in [1.165, 1.54) is 0 Å². The number of aromatic nitrogens is 2. The summed E-state index contributed by atoms with van der Waals surface area (Å²) < 4.78 is 2.05. The summed E-state index contributed by atoms with van der Waals surface area (Å²) >= 11 is 0. The lowest BCUT2D eigenvalue weighted by atomic mass is 10.1. The van der Waals surface area contributed by atoms with Gasteiger partial charge in [-0.15, -0.1) is 0 Å². The van der Waals surface area contributed by atoms with Gasteiger partial charge in [-0.25, -0.2) is 0 Å². The third kappa shape index (κ3) is 2.59. The molecule has 0 aliphatic heterocycles. The molecule has 0 radical (unpaired) electrons. The third-order valence-corrected chi connectivity index (χ3v) is 2.45. The molecule has 0 aliphatic carbocycles. The summed E-state index contributed by atoms with van der Waals surface area (Å²) in [4.78, 5) is 0. The second-order valence-electron chi connectivity index (χ2n) is 5.52. The maximum Gasteiger partial charge on any atom is 0.0653 e. The van der Waals surface area contributed by atoms with Gasteiger partial charge >= 0.3 is 0 Å². The average Bonchev–Trinajstić information content (AvgIpc) is 2.45. The van der Waals surface area contributed by atoms with Crippen molar-refractivity contribution in [2.75, 3.05) is 0 Å². The second-order valence-corrected chi connectivity index (χ2v) is 5.52. The molecule has 15 heavy (non-hydrogen) atoms. The molecule has 3 nitrogen and oxygen atoms in total. The molecule has 0 saturated carbocycles. The first kappa shape index (κ1) is 12.2. The molecule has 0 aromatic carbocycles. The first-order valence-corrected chi connectivity index (χ1v) is 5.59. The highest BCUT2D eigenvalue weighted by Crippen LogP contribution is 2.24. The Hall–Kier alpha value is -0.830. The fraction of sp³-hybridized carbons (Fsp3) is 0.750. The van der Waals surface area contributed by atoms with Crippen molar-refractivity contribution in [3.05, 3.63) is 17.5 Å². The van der Waals surface area contributed by atoms with E-state index in [1.54, 1.807) is 0 Å². The van der Waals surface area contributed by atoms with Crippen LogP contribution in [0.4, 0.5) is 0 Å².